The third-order valence-electron chi connectivity index (χ3n) is 6.11. The molecule has 1 fully saturated rings. The van der Waals surface area contributed by atoms with Crippen molar-refractivity contribution >= 4 is 22.7 Å². The molecular formula is C26H26N4O3. The van der Waals surface area contributed by atoms with Crippen LogP contribution in [0.1, 0.15) is 17.2 Å². The van der Waals surface area contributed by atoms with Gasteiger partial charge < -0.3 is 19.7 Å². The molecule has 0 saturated carbocycles. The molecule has 1 saturated heterocycles. The van der Waals surface area contributed by atoms with Gasteiger partial charge in [-0.15, -0.1) is 0 Å². The summed E-state index contributed by atoms with van der Waals surface area (Å²) in [4.78, 5) is 24.2. The second-order valence-electron chi connectivity index (χ2n) is 8.18. The summed E-state index contributed by atoms with van der Waals surface area (Å²) in [6, 6.07) is 20.9. The summed E-state index contributed by atoms with van der Waals surface area (Å²) < 4.78 is 5.93. The van der Waals surface area contributed by atoms with E-state index >= 15 is 0 Å². The number of H-pyrrole nitrogens is 1. The van der Waals surface area contributed by atoms with E-state index in [2.05, 4.69) is 14.9 Å². The maximum atomic E-state index is 12.3. The summed E-state index contributed by atoms with van der Waals surface area (Å²) in [7, 11) is 0. The Morgan fingerprint density at radius 2 is 1.82 bits per heavy atom. The first kappa shape index (κ1) is 21.0. The Balaban J connectivity index is 1.31. The van der Waals surface area contributed by atoms with Crippen LogP contribution in [0.5, 0.6) is 5.75 Å². The van der Waals surface area contributed by atoms with Crippen molar-refractivity contribution in [1.29, 1.82) is 0 Å². The lowest BCUT2D eigenvalue weighted by Crippen LogP contribution is -2.49. The number of fused-ring (bicyclic) bond motifs is 1. The van der Waals surface area contributed by atoms with Crippen molar-refractivity contribution in [2.45, 2.75) is 12.6 Å². The molecule has 7 nitrogen and oxygen atoms in total. The Bertz CT molecular complexity index is 1220. The molecule has 0 aliphatic carbocycles. The molecule has 0 amide bonds. The highest BCUT2D eigenvalue weighted by molar-refractivity contribution is 5.90. The highest BCUT2D eigenvalue weighted by Crippen LogP contribution is 2.32. The third-order valence-corrected chi connectivity index (χ3v) is 6.11. The molecule has 5 rings (SSSR count). The van der Waals surface area contributed by atoms with Crippen LogP contribution in [0.3, 0.4) is 0 Å². The van der Waals surface area contributed by atoms with E-state index in [0.29, 0.717) is 19.7 Å². The number of benzene rings is 2. The van der Waals surface area contributed by atoms with E-state index in [0.717, 1.165) is 46.7 Å². The lowest BCUT2D eigenvalue weighted by atomic mass is 10.0. The lowest BCUT2D eigenvalue weighted by molar-refractivity contribution is -0.143. The monoisotopic (exact) mass is 442 g/mol. The van der Waals surface area contributed by atoms with Gasteiger partial charge in [0.05, 0.1) is 0 Å². The van der Waals surface area contributed by atoms with Crippen molar-refractivity contribution in [2.24, 2.45) is 0 Å². The van der Waals surface area contributed by atoms with Crippen LogP contribution in [-0.4, -0.2) is 52.1 Å². The number of carboxylic acid groups (broad SMARTS) is 1. The van der Waals surface area contributed by atoms with Crippen molar-refractivity contribution < 1.29 is 14.6 Å². The average Bonchev–Trinajstić information content (AvgIpc) is 3.27. The maximum Gasteiger partial charge on any atom is 0.325 e. The zero-order valence-electron chi connectivity index (χ0n) is 18.2. The minimum atomic E-state index is -0.841. The van der Waals surface area contributed by atoms with Gasteiger partial charge in [-0.3, -0.25) is 9.69 Å². The molecule has 168 valence electrons. The highest BCUT2D eigenvalue weighted by Gasteiger charge is 2.32. The molecule has 2 N–H and O–H groups in total. The topological polar surface area (TPSA) is 81.7 Å². The van der Waals surface area contributed by atoms with Gasteiger partial charge in [0.15, 0.2) is 0 Å². The first-order chi connectivity index (χ1) is 16.2. The van der Waals surface area contributed by atoms with Gasteiger partial charge in [0.1, 0.15) is 24.2 Å². The minimum absolute atomic E-state index is 0.484. The number of aromatic amines is 1. The van der Waals surface area contributed by atoms with Crippen molar-refractivity contribution in [2.75, 3.05) is 31.1 Å². The van der Waals surface area contributed by atoms with Crippen LogP contribution in [0.15, 0.2) is 79.1 Å². The van der Waals surface area contributed by atoms with Crippen LogP contribution in [0.25, 0.3) is 10.9 Å². The number of piperazine rings is 1. The summed E-state index contributed by atoms with van der Waals surface area (Å²) in [5, 5.41) is 11.0. The molecule has 0 unspecified atom stereocenters. The summed E-state index contributed by atoms with van der Waals surface area (Å²) in [6.07, 6.45) is 3.60. The molecule has 0 spiro atoms. The van der Waals surface area contributed by atoms with Gasteiger partial charge in [-0.1, -0.05) is 36.4 Å². The first-order valence-electron chi connectivity index (χ1n) is 11.1. The van der Waals surface area contributed by atoms with E-state index in [1.54, 1.807) is 6.20 Å². The molecule has 0 bridgehead atoms. The first-order valence-corrected chi connectivity index (χ1v) is 11.1. The molecular weight excluding hydrogens is 416 g/mol. The molecule has 1 aliphatic heterocycles. The number of rotatable bonds is 7. The summed E-state index contributed by atoms with van der Waals surface area (Å²) in [5.74, 6) is 0.835. The largest absolute Gasteiger partial charge is 0.489 e. The van der Waals surface area contributed by atoms with Crippen LogP contribution < -0.4 is 9.64 Å². The van der Waals surface area contributed by atoms with Crippen molar-refractivity contribution in [3.8, 4) is 5.75 Å². The van der Waals surface area contributed by atoms with Gasteiger partial charge >= 0.3 is 5.97 Å². The van der Waals surface area contributed by atoms with E-state index in [9.17, 15) is 9.90 Å². The Kier molecular flexibility index (Phi) is 5.95. The molecule has 2 aromatic heterocycles. The molecule has 7 heteroatoms. The van der Waals surface area contributed by atoms with E-state index in [4.69, 9.17) is 4.74 Å². The van der Waals surface area contributed by atoms with Crippen LogP contribution in [-0.2, 0) is 11.4 Å². The molecule has 1 atom stereocenters. The molecule has 0 radical (unpaired) electrons. The Morgan fingerprint density at radius 3 is 2.55 bits per heavy atom. The summed E-state index contributed by atoms with van der Waals surface area (Å²) >= 11 is 0. The number of hydrogen-bond donors (Lipinski definition) is 2. The number of ether oxygens (including phenoxy) is 1. The fourth-order valence-corrected chi connectivity index (χ4v) is 4.42. The Labute approximate surface area is 192 Å². The molecule has 4 aromatic rings. The number of carboxylic acids is 1. The number of carbonyl (C=O) groups is 1. The average molecular weight is 443 g/mol. The zero-order valence-corrected chi connectivity index (χ0v) is 18.2. The summed E-state index contributed by atoms with van der Waals surface area (Å²) in [5.41, 5.74) is 2.74. The SMILES string of the molecule is O=C(O)[C@@H](c1c[nH]c2cc(OCc3ccccc3)ccc12)N1CCN(c2ccccn2)CC1. The quantitative estimate of drug-likeness (QED) is 0.449. The number of aromatic nitrogens is 2. The van der Waals surface area contributed by atoms with Gasteiger partial charge in [0.25, 0.3) is 0 Å². The van der Waals surface area contributed by atoms with Crippen LogP contribution in [0, 0.1) is 0 Å². The predicted molar refractivity (Wildman–Crippen MR) is 127 cm³/mol. The van der Waals surface area contributed by atoms with Crippen LogP contribution in [0.2, 0.25) is 0 Å². The lowest BCUT2D eigenvalue weighted by Gasteiger charge is -2.38. The van der Waals surface area contributed by atoms with Gasteiger partial charge in [0, 0.05) is 61.1 Å². The van der Waals surface area contributed by atoms with Crippen molar-refractivity contribution in [1.82, 2.24) is 14.9 Å². The minimum Gasteiger partial charge on any atom is -0.489 e. The normalized spacial score (nSPS) is 15.5. The summed E-state index contributed by atoms with van der Waals surface area (Å²) in [6.45, 7) is 3.26. The standard InChI is InChI=1S/C26H26N4O3/c31-26(32)25(30-14-12-29(13-15-30)24-8-4-5-11-27-24)22-17-28-23-16-20(9-10-21(22)23)33-18-19-6-2-1-3-7-19/h1-11,16-17,25,28H,12-15,18H2,(H,31,32)/t25-/m1/s1. The highest BCUT2D eigenvalue weighted by atomic mass is 16.5. The number of pyridine rings is 1. The van der Waals surface area contributed by atoms with E-state index in [1.165, 1.54) is 0 Å². The van der Waals surface area contributed by atoms with Crippen LogP contribution >= 0.6 is 0 Å². The third kappa shape index (κ3) is 4.54. The van der Waals surface area contributed by atoms with E-state index in [-0.39, 0.29) is 0 Å². The number of aliphatic carboxylic acids is 1. The number of hydrogen-bond acceptors (Lipinski definition) is 5. The predicted octanol–water partition coefficient (Wildman–Crippen LogP) is 4.09. The smallest absolute Gasteiger partial charge is 0.325 e. The molecule has 1 aliphatic rings. The van der Waals surface area contributed by atoms with Gasteiger partial charge in [0.2, 0.25) is 0 Å². The van der Waals surface area contributed by atoms with E-state index < -0.39 is 12.0 Å². The zero-order chi connectivity index (χ0) is 22.6. The second-order valence-corrected chi connectivity index (χ2v) is 8.18. The Hall–Kier alpha value is -3.84. The van der Waals surface area contributed by atoms with E-state index in [1.807, 2.05) is 77.8 Å². The molecule has 2 aromatic carbocycles. The molecule has 33 heavy (non-hydrogen) atoms. The maximum absolute atomic E-state index is 12.3. The van der Waals surface area contributed by atoms with Crippen molar-refractivity contribution in [3.63, 3.8) is 0 Å². The number of nitrogens with one attached hydrogen (secondary N) is 1. The second kappa shape index (κ2) is 9.34. The fourth-order valence-electron chi connectivity index (χ4n) is 4.42. The fraction of sp³-hybridized carbons (Fsp3) is 0.231. The number of anilines is 1. The number of nitrogens with zero attached hydrogens (tertiary/aromatic N) is 3. The van der Waals surface area contributed by atoms with Crippen LogP contribution in [0.4, 0.5) is 5.82 Å². The van der Waals surface area contributed by atoms with Gasteiger partial charge in [-0.2, -0.15) is 0 Å². The van der Waals surface area contributed by atoms with Gasteiger partial charge in [-0.05, 0) is 29.8 Å². The molecule has 3 heterocycles. The Morgan fingerprint density at radius 1 is 1.03 bits per heavy atom. The van der Waals surface area contributed by atoms with Gasteiger partial charge in [-0.25, -0.2) is 4.98 Å². The van der Waals surface area contributed by atoms with Crippen molar-refractivity contribution in [3.05, 3.63) is 90.3 Å².